The SMILES string of the molecule is CCCCCCCCCCCCCCCC(=O)NCc1ccc(C2O[C@H](CN3CCC4(CC3)OCCO4)C[C@H](c3ccc(CO)cc3)O2)cc1. The largest absolute Gasteiger partial charge is 0.392 e. The van der Waals surface area contributed by atoms with Crippen LogP contribution in [-0.2, 0) is 36.9 Å². The zero-order chi connectivity index (χ0) is 34.9. The van der Waals surface area contributed by atoms with Crippen LogP contribution >= 0.6 is 0 Å². The first-order valence-corrected chi connectivity index (χ1v) is 19.9. The molecule has 3 aliphatic rings. The molecular weight excluding hydrogens is 628 g/mol. The number of unbranched alkanes of at least 4 members (excludes halogenated alkanes) is 12. The number of rotatable bonds is 21. The maximum atomic E-state index is 12.5. The van der Waals surface area contributed by atoms with Crippen LogP contribution in [-0.4, -0.2) is 60.7 Å². The third-order valence-electron chi connectivity index (χ3n) is 10.8. The Balaban J connectivity index is 1.03. The van der Waals surface area contributed by atoms with E-state index >= 15 is 0 Å². The number of amides is 1. The molecule has 0 radical (unpaired) electrons. The Kier molecular flexibility index (Phi) is 16.5. The summed E-state index contributed by atoms with van der Waals surface area (Å²) in [5.41, 5.74) is 4.02. The number of carbonyl (C=O) groups excluding carboxylic acids is 1. The fourth-order valence-corrected chi connectivity index (χ4v) is 7.57. The van der Waals surface area contributed by atoms with Crippen molar-refractivity contribution in [1.29, 1.82) is 0 Å². The molecule has 3 aliphatic heterocycles. The van der Waals surface area contributed by atoms with Gasteiger partial charge in [-0.2, -0.15) is 0 Å². The van der Waals surface area contributed by atoms with Gasteiger partial charge in [0.25, 0.3) is 0 Å². The van der Waals surface area contributed by atoms with Crippen molar-refractivity contribution in [1.82, 2.24) is 10.2 Å². The van der Waals surface area contributed by atoms with E-state index < -0.39 is 6.29 Å². The smallest absolute Gasteiger partial charge is 0.220 e. The van der Waals surface area contributed by atoms with E-state index in [1.165, 1.54) is 70.6 Å². The number of aliphatic hydroxyl groups excluding tert-OH is 1. The number of likely N-dealkylation sites (tertiary alicyclic amines) is 1. The van der Waals surface area contributed by atoms with Crippen LogP contribution in [0.15, 0.2) is 48.5 Å². The molecule has 1 spiro atoms. The molecule has 3 saturated heterocycles. The summed E-state index contributed by atoms with van der Waals surface area (Å²) in [5, 5.41) is 12.6. The quantitative estimate of drug-likeness (QED) is 0.127. The lowest BCUT2D eigenvalue weighted by molar-refractivity contribution is -0.255. The molecule has 0 bridgehead atoms. The van der Waals surface area contributed by atoms with E-state index in [0.29, 0.717) is 26.2 Å². The fraction of sp³-hybridized carbons (Fsp3) is 0.690. The van der Waals surface area contributed by atoms with Gasteiger partial charge in [0.1, 0.15) is 0 Å². The second kappa shape index (κ2) is 21.3. The lowest BCUT2D eigenvalue weighted by Crippen LogP contribution is -2.48. The van der Waals surface area contributed by atoms with Crippen LogP contribution in [0.3, 0.4) is 0 Å². The lowest BCUT2D eigenvalue weighted by Gasteiger charge is -2.41. The minimum Gasteiger partial charge on any atom is -0.392 e. The van der Waals surface area contributed by atoms with Crippen molar-refractivity contribution in [3.63, 3.8) is 0 Å². The Morgan fingerprint density at radius 3 is 1.92 bits per heavy atom. The molecule has 8 nitrogen and oxygen atoms in total. The summed E-state index contributed by atoms with van der Waals surface area (Å²) in [4.78, 5) is 15.0. The van der Waals surface area contributed by atoms with Crippen LogP contribution in [0.5, 0.6) is 0 Å². The topological polar surface area (TPSA) is 89.5 Å². The van der Waals surface area contributed by atoms with Crippen molar-refractivity contribution in [3.8, 4) is 0 Å². The van der Waals surface area contributed by atoms with Crippen molar-refractivity contribution in [2.45, 2.75) is 154 Å². The highest BCUT2D eigenvalue weighted by molar-refractivity contribution is 5.75. The van der Waals surface area contributed by atoms with Crippen molar-refractivity contribution in [2.24, 2.45) is 0 Å². The fourth-order valence-electron chi connectivity index (χ4n) is 7.57. The number of aliphatic hydroxyl groups is 1. The van der Waals surface area contributed by atoms with Gasteiger partial charge < -0.3 is 34.3 Å². The zero-order valence-corrected chi connectivity index (χ0v) is 30.8. The number of piperidine rings is 1. The van der Waals surface area contributed by atoms with Crippen LogP contribution in [0, 0.1) is 0 Å². The molecule has 50 heavy (non-hydrogen) atoms. The summed E-state index contributed by atoms with van der Waals surface area (Å²) in [6, 6.07) is 16.3. The third kappa shape index (κ3) is 12.7. The van der Waals surface area contributed by atoms with E-state index in [-0.39, 0.29) is 30.5 Å². The Morgan fingerprint density at radius 1 is 0.760 bits per heavy atom. The molecule has 3 atom stereocenters. The first-order chi connectivity index (χ1) is 24.6. The molecule has 0 aromatic heterocycles. The summed E-state index contributed by atoms with van der Waals surface area (Å²) < 4.78 is 25.0. The number of nitrogens with one attached hydrogen (secondary N) is 1. The van der Waals surface area contributed by atoms with E-state index in [2.05, 4.69) is 53.5 Å². The van der Waals surface area contributed by atoms with Crippen LogP contribution in [0.4, 0.5) is 0 Å². The molecule has 3 heterocycles. The van der Waals surface area contributed by atoms with Gasteiger partial charge in [-0.3, -0.25) is 4.79 Å². The van der Waals surface area contributed by atoms with Gasteiger partial charge >= 0.3 is 0 Å². The first-order valence-electron chi connectivity index (χ1n) is 19.9. The summed E-state index contributed by atoms with van der Waals surface area (Å²) in [6.45, 7) is 6.85. The minimum atomic E-state index is -0.493. The van der Waals surface area contributed by atoms with Gasteiger partial charge in [0.2, 0.25) is 5.91 Å². The van der Waals surface area contributed by atoms with Gasteiger partial charge in [0.15, 0.2) is 12.1 Å². The van der Waals surface area contributed by atoms with E-state index in [4.69, 9.17) is 18.9 Å². The zero-order valence-electron chi connectivity index (χ0n) is 30.8. The molecule has 0 aliphatic carbocycles. The van der Waals surface area contributed by atoms with Crippen LogP contribution < -0.4 is 5.32 Å². The first kappa shape index (κ1) is 38.9. The van der Waals surface area contributed by atoms with Gasteiger partial charge in [-0.05, 0) is 23.1 Å². The Morgan fingerprint density at radius 2 is 1.32 bits per heavy atom. The molecule has 2 aromatic carbocycles. The molecular formula is C42H64N2O6. The van der Waals surface area contributed by atoms with E-state index in [9.17, 15) is 9.90 Å². The number of benzene rings is 2. The van der Waals surface area contributed by atoms with E-state index in [0.717, 1.165) is 74.0 Å². The van der Waals surface area contributed by atoms with Crippen molar-refractivity contribution in [3.05, 3.63) is 70.8 Å². The maximum absolute atomic E-state index is 12.5. The third-order valence-corrected chi connectivity index (χ3v) is 10.8. The van der Waals surface area contributed by atoms with Gasteiger partial charge in [0, 0.05) is 57.4 Å². The number of carbonyl (C=O) groups is 1. The van der Waals surface area contributed by atoms with Crippen LogP contribution in [0.1, 0.15) is 151 Å². The number of ether oxygens (including phenoxy) is 4. The average molecular weight is 693 g/mol. The molecule has 278 valence electrons. The Hall–Kier alpha value is -2.33. The molecule has 3 fully saturated rings. The van der Waals surface area contributed by atoms with Crippen LogP contribution in [0.25, 0.3) is 0 Å². The number of hydrogen-bond acceptors (Lipinski definition) is 7. The maximum Gasteiger partial charge on any atom is 0.220 e. The normalized spacial score (nSPS) is 22.2. The minimum absolute atomic E-state index is 0.000182. The van der Waals surface area contributed by atoms with E-state index in [1.807, 2.05) is 12.1 Å². The monoisotopic (exact) mass is 692 g/mol. The summed E-state index contributed by atoms with van der Waals surface area (Å²) >= 11 is 0. The molecule has 8 heteroatoms. The molecule has 2 aromatic rings. The van der Waals surface area contributed by atoms with Gasteiger partial charge in [-0.1, -0.05) is 133 Å². The average Bonchev–Trinajstić information content (AvgIpc) is 3.61. The van der Waals surface area contributed by atoms with E-state index in [1.54, 1.807) is 0 Å². The van der Waals surface area contributed by atoms with Crippen molar-refractivity contribution in [2.75, 3.05) is 32.8 Å². The number of hydrogen-bond donors (Lipinski definition) is 2. The van der Waals surface area contributed by atoms with Crippen molar-refractivity contribution >= 4 is 5.91 Å². The Bertz CT molecular complexity index is 1220. The predicted octanol–water partition coefficient (Wildman–Crippen LogP) is 8.66. The summed E-state index contributed by atoms with van der Waals surface area (Å²) in [7, 11) is 0. The molecule has 0 saturated carbocycles. The highest BCUT2D eigenvalue weighted by Crippen LogP contribution is 2.39. The van der Waals surface area contributed by atoms with Gasteiger partial charge in [-0.15, -0.1) is 0 Å². The Labute approximate surface area is 301 Å². The lowest BCUT2D eigenvalue weighted by atomic mass is 9.98. The second-order valence-electron chi connectivity index (χ2n) is 14.8. The highest BCUT2D eigenvalue weighted by Gasteiger charge is 2.41. The van der Waals surface area contributed by atoms with Crippen molar-refractivity contribution < 1.29 is 28.8 Å². The van der Waals surface area contributed by atoms with Crippen LogP contribution in [0.2, 0.25) is 0 Å². The van der Waals surface area contributed by atoms with Gasteiger partial charge in [0.05, 0.1) is 32.0 Å². The summed E-state index contributed by atoms with van der Waals surface area (Å²) in [6.07, 6.45) is 19.5. The number of nitrogens with zero attached hydrogens (tertiary/aromatic N) is 1. The molecule has 1 unspecified atom stereocenters. The summed E-state index contributed by atoms with van der Waals surface area (Å²) in [5.74, 6) is -0.261. The standard InChI is InChI=1S/C42H64N2O6/c1-2-3-4-5-6-7-8-9-10-11-12-13-14-15-40(46)43-31-34-16-22-37(23-17-34)41-49-38(30-39(50-41)36-20-18-35(33-45)19-21-36)32-44-26-24-42(25-27-44)47-28-29-48-42/h16-23,38-39,41,45H,2-15,24-33H2,1H3,(H,43,46)/t38-,39+,41?/m0/s1. The highest BCUT2D eigenvalue weighted by atomic mass is 16.7. The van der Waals surface area contributed by atoms with Gasteiger partial charge in [-0.25, -0.2) is 0 Å². The molecule has 2 N–H and O–H groups in total. The second-order valence-corrected chi connectivity index (χ2v) is 14.8. The molecule has 5 rings (SSSR count). The molecule has 1 amide bonds. The predicted molar refractivity (Wildman–Crippen MR) is 197 cm³/mol.